The van der Waals surface area contributed by atoms with Crippen LogP contribution in [0, 0.1) is 0 Å². The van der Waals surface area contributed by atoms with Crippen molar-refractivity contribution in [3.05, 3.63) is 0 Å². The average molecular weight is 352 g/mol. The van der Waals surface area contributed by atoms with Crippen molar-refractivity contribution in [2.75, 3.05) is 13.7 Å². The van der Waals surface area contributed by atoms with Crippen molar-refractivity contribution in [2.24, 2.45) is 0 Å². The van der Waals surface area contributed by atoms with E-state index >= 15 is 0 Å². The summed E-state index contributed by atoms with van der Waals surface area (Å²) in [6.07, 6.45) is 3.42. The Morgan fingerprint density at radius 2 is 1.35 bits per heavy atom. The second-order valence-corrected chi connectivity index (χ2v) is 7.66. The van der Waals surface area contributed by atoms with Crippen LogP contribution in [0.25, 0.3) is 0 Å². The molecule has 0 amide bonds. The molecule has 0 radical (unpaired) electrons. The van der Waals surface area contributed by atoms with E-state index in [2.05, 4.69) is 20.8 Å². The molecular weight excluding hydrogens is 328 g/mol. The number of rotatable bonds is 7. The average Bonchev–Trinajstić information content (AvgIpc) is 2.24. The minimum atomic E-state index is -10.7. The van der Waals surface area contributed by atoms with Crippen LogP contribution < -0.4 is 0 Å². The molecule has 0 rings (SSSR count). The van der Waals surface area contributed by atoms with Crippen LogP contribution in [-0.2, 0) is 9.47 Å². The third kappa shape index (κ3) is 20.7. The van der Waals surface area contributed by atoms with E-state index in [0.717, 1.165) is 19.3 Å². The molecule has 0 saturated heterocycles. The molecule has 2 atom stereocenters. The fourth-order valence-electron chi connectivity index (χ4n) is 1.19. The Balaban J connectivity index is 0. The van der Waals surface area contributed by atoms with Crippen LogP contribution in [0.15, 0.2) is 0 Å². The third-order valence-electron chi connectivity index (χ3n) is 2.51. The van der Waals surface area contributed by atoms with Gasteiger partial charge in [-0.3, -0.25) is 0 Å². The van der Waals surface area contributed by atoms with Crippen LogP contribution in [0.5, 0.6) is 0 Å². The molecule has 0 aromatic rings. The van der Waals surface area contributed by atoms with Crippen molar-refractivity contribution in [3.63, 3.8) is 0 Å². The SMILES string of the molecule is CCC(COC)OC([PH3+])(CC)CC.F[P-](F)(F)(F)(F)F. The van der Waals surface area contributed by atoms with Crippen molar-refractivity contribution < 1.29 is 34.7 Å². The zero-order valence-corrected chi connectivity index (χ0v) is 14.5. The summed E-state index contributed by atoms with van der Waals surface area (Å²) in [4.78, 5) is 0. The van der Waals surface area contributed by atoms with Crippen molar-refractivity contribution in [1.82, 2.24) is 0 Å². The Kier molecular flexibility index (Phi) is 8.01. The number of hydrogen-bond donors (Lipinski definition) is 0. The molecule has 20 heavy (non-hydrogen) atoms. The molecule has 0 N–H and O–H groups in total. The molecule has 128 valence electrons. The monoisotopic (exact) mass is 352 g/mol. The van der Waals surface area contributed by atoms with E-state index in [1.54, 1.807) is 7.11 Å². The summed E-state index contributed by atoms with van der Waals surface area (Å²) in [5.41, 5.74) is 0. The summed E-state index contributed by atoms with van der Waals surface area (Å²) in [5.74, 6) is 0. The van der Waals surface area contributed by atoms with E-state index in [1.807, 2.05) is 9.24 Å². The van der Waals surface area contributed by atoms with Gasteiger partial charge in [0.25, 0.3) is 0 Å². The van der Waals surface area contributed by atoms with E-state index in [1.165, 1.54) is 0 Å². The number of methoxy groups -OCH3 is 1. The molecule has 0 bridgehead atoms. The third-order valence-corrected chi connectivity index (χ3v) is 3.68. The molecule has 0 fully saturated rings. The Labute approximate surface area is 118 Å². The van der Waals surface area contributed by atoms with Gasteiger partial charge < -0.3 is 9.47 Å². The van der Waals surface area contributed by atoms with E-state index in [0.29, 0.717) is 6.61 Å². The molecule has 0 aromatic heterocycles. The van der Waals surface area contributed by atoms with Gasteiger partial charge in [0, 0.05) is 29.2 Å². The molecule has 0 saturated carbocycles. The van der Waals surface area contributed by atoms with Crippen molar-refractivity contribution in [1.29, 1.82) is 0 Å². The minimum absolute atomic E-state index is 0.0548. The van der Waals surface area contributed by atoms with Gasteiger partial charge in [0.2, 0.25) is 0 Å². The molecule has 2 unspecified atom stereocenters. The summed E-state index contributed by atoms with van der Waals surface area (Å²) < 4.78 is 70.3. The molecule has 10 heteroatoms. The zero-order valence-electron chi connectivity index (χ0n) is 12.1. The first kappa shape index (κ1) is 22.6. The van der Waals surface area contributed by atoms with Gasteiger partial charge in [0.05, 0.1) is 12.7 Å². The predicted octanol–water partition coefficient (Wildman–Crippen LogP) is 5.93. The van der Waals surface area contributed by atoms with Gasteiger partial charge in [-0.15, -0.1) is 0 Å². The summed E-state index contributed by atoms with van der Waals surface area (Å²) >= 11 is 0. The van der Waals surface area contributed by atoms with Gasteiger partial charge in [0.1, 0.15) is 0 Å². The van der Waals surface area contributed by atoms with E-state index in [9.17, 15) is 25.2 Å². The molecule has 0 aliphatic carbocycles. The normalized spacial score (nSPS) is 17.7. The first-order valence-electron chi connectivity index (χ1n) is 6.15. The Morgan fingerprint density at radius 3 is 1.55 bits per heavy atom. The summed E-state index contributed by atoms with van der Waals surface area (Å²) in [6, 6.07) is 0. The maximum absolute atomic E-state index is 10.7. The number of ether oxygens (including phenoxy) is 2. The molecule has 0 spiro atoms. The van der Waals surface area contributed by atoms with Crippen LogP contribution >= 0.6 is 17.0 Å². The fourth-order valence-corrected chi connectivity index (χ4v) is 1.43. The van der Waals surface area contributed by atoms with Gasteiger partial charge in [0.15, 0.2) is 5.34 Å². The molecule has 0 aliphatic rings. The Morgan fingerprint density at radius 1 is 1.00 bits per heavy atom. The van der Waals surface area contributed by atoms with Crippen LogP contribution in [0.1, 0.15) is 40.0 Å². The van der Waals surface area contributed by atoms with Gasteiger partial charge in [-0.25, -0.2) is 0 Å². The second kappa shape index (κ2) is 7.08. The van der Waals surface area contributed by atoms with Crippen LogP contribution in [0.2, 0.25) is 0 Å². The van der Waals surface area contributed by atoms with E-state index in [4.69, 9.17) is 9.47 Å². The van der Waals surface area contributed by atoms with Crippen LogP contribution in [0.3, 0.4) is 0 Å². The summed E-state index contributed by atoms with van der Waals surface area (Å²) in [5, 5.41) is 0.0548. The Hall–Kier alpha value is 0.360. The summed E-state index contributed by atoms with van der Waals surface area (Å²) in [7, 11) is -6.97. The first-order chi connectivity index (χ1) is 8.56. The number of halogens is 6. The van der Waals surface area contributed by atoms with Gasteiger partial charge in [-0.1, -0.05) is 20.8 Å². The van der Waals surface area contributed by atoms with Crippen molar-refractivity contribution in [2.45, 2.75) is 51.5 Å². The number of hydrogen-bond acceptors (Lipinski definition) is 2. The molecule has 2 nitrogen and oxygen atoms in total. The fraction of sp³-hybridized carbons (Fsp3) is 1.00. The quantitative estimate of drug-likeness (QED) is 0.417. The summed E-state index contributed by atoms with van der Waals surface area (Å²) in [6.45, 7) is 7.20. The predicted molar refractivity (Wildman–Crippen MR) is 75.0 cm³/mol. The van der Waals surface area contributed by atoms with Gasteiger partial charge in [-0.2, -0.15) is 0 Å². The topological polar surface area (TPSA) is 18.5 Å². The van der Waals surface area contributed by atoms with Crippen molar-refractivity contribution >= 4 is 17.0 Å². The zero-order chi connectivity index (χ0) is 16.7. The van der Waals surface area contributed by atoms with E-state index < -0.39 is 7.81 Å². The standard InChI is InChI=1S/C10H23O2P.F6P/c1-5-9(8-11-4)12-10(13,6-2)7-3;1-7(2,3,4,5)6/h9H,5-8,13H2,1-4H3;/q;-1/p+1. The van der Waals surface area contributed by atoms with Gasteiger partial charge >= 0.3 is 33.0 Å². The molecule has 0 aliphatic heterocycles. The maximum atomic E-state index is 9.87. The van der Waals surface area contributed by atoms with Crippen LogP contribution in [-0.4, -0.2) is 25.2 Å². The molecule has 0 heterocycles. The second-order valence-electron chi connectivity index (χ2n) is 4.45. The van der Waals surface area contributed by atoms with E-state index in [-0.39, 0.29) is 11.4 Å². The molecule has 0 aromatic carbocycles. The van der Waals surface area contributed by atoms with Crippen molar-refractivity contribution in [3.8, 4) is 0 Å². The Bertz CT molecular complexity index is 264. The first-order valence-corrected chi connectivity index (χ1v) is 8.88. The van der Waals surface area contributed by atoms with Crippen LogP contribution in [0.4, 0.5) is 25.2 Å². The van der Waals surface area contributed by atoms with Gasteiger partial charge in [-0.05, 0) is 6.42 Å². The molecular formula is C10H24F6O2P2.